The van der Waals surface area contributed by atoms with E-state index in [-0.39, 0.29) is 11.9 Å². The van der Waals surface area contributed by atoms with Crippen molar-refractivity contribution in [3.05, 3.63) is 46.6 Å². The van der Waals surface area contributed by atoms with Crippen LogP contribution in [0.25, 0.3) is 10.9 Å². The zero-order chi connectivity index (χ0) is 15.8. The number of hydrogen-bond acceptors (Lipinski definition) is 4. The van der Waals surface area contributed by atoms with Gasteiger partial charge in [0.05, 0.1) is 12.1 Å². The maximum absolute atomic E-state index is 12.4. The molecular formula is C17H18N4OS. The van der Waals surface area contributed by atoms with E-state index < -0.39 is 0 Å². The summed E-state index contributed by atoms with van der Waals surface area (Å²) in [4.78, 5) is 21.1. The van der Waals surface area contributed by atoms with Gasteiger partial charge in [-0.15, -0.1) is 11.3 Å². The summed E-state index contributed by atoms with van der Waals surface area (Å²) in [6, 6.07) is 8.23. The second-order valence-corrected chi connectivity index (χ2v) is 7.08. The molecule has 1 unspecified atom stereocenters. The Labute approximate surface area is 137 Å². The smallest absolute Gasteiger partial charge is 0.224 e. The maximum atomic E-state index is 12.4. The van der Waals surface area contributed by atoms with Crippen molar-refractivity contribution >= 4 is 33.3 Å². The molecule has 1 aromatic carbocycles. The highest BCUT2D eigenvalue weighted by Gasteiger charge is 2.23. The lowest BCUT2D eigenvalue weighted by atomic mass is 9.97. The predicted molar refractivity (Wildman–Crippen MR) is 92.5 cm³/mol. The third-order valence-corrected chi connectivity index (χ3v) is 5.30. The standard InChI is InChI=1S/C17H18N4OS/c18-17-21-14-6-5-11(8-15(14)23-17)20-16(22)7-10-9-19-13-4-2-1-3-12(10)13/h1-4,9,11,19H,5-8H2,(H2,18,21)(H,20,22). The van der Waals surface area contributed by atoms with Crippen molar-refractivity contribution in [2.45, 2.75) is 31.7 Å². The highest BCUT2D eigenvalue weighted by atomic mass is 32.1. The topological polar surface area (TPSA) is 83.8 Å². The van der Waals surface area contributed by atoms with Crippen LogP contribution in [0.4, 0.5) is 5.13 Å². The van der Waals surface area contributed by atoms with Crippen LogP contribution in [-0.4, -0.2) is 21.9 Å². The summed E-state index contributed by atoms with van der Waals surface area (Å²) in [6.45, 7) is 0. The van der Waals surface area contributed by atoms with Crippen molar-refractivity contribution < 1.29 is 4.79 Å². The lowest BCUT2D eigenvalue weighted by Crippen LogP contribution is -2.39. The second-order valence-electron chi connectivity index (χ2n) is 5.97. The van der Waals surface area contributed by atoms with Gasteiger partial charge in [0.15, 0.2) is 5.13 Å². The van der Waals surface area contributed by atoms with E-state index in [1.165, 1.54) is 16.2 Å². The highest BCUT2D eigenvalue weighted by Crippen LogP contribution is 2.28. The van der Waals surface area contributed by atoms with Crippen molar-refractivity contribution in [3.63, 3.8) is 0 Å². The molecular weight excluding hydrogens is 308 g/mol. The molecule has 0 spiro atoms. The van der Waals surface area contributed by atoms with Crippen LogP contribution in [0.3, 0.4) is 0 Å². The molecule has 6 heteroatoms. The molecule has 3 aromatic rings. The van der Waals surface area contributed by atoms with Gasteiger partial charge in [-0.25, -0.2) is 4.98 Å². The zero-order valence-electron chi connectivity index (χ0n) is 12.6. The number of nitrogens with two attached hydrogens (primary N) is 1. The number of H-pyrrole nitrogens is 1. The molecule has 5 nitrogen and oxygen atoms in total. The number of amides is 1. The predicted octanol–water partition coefficient (Wildman–Crippen LogP) is 2.42. The maximum Gasteiger partial charge on any atom is 0.224 e. The summed E-state index contributed by atoms with van der Waals surface area (Å²) >= 11 is 1.54. The van der Waals surface area contributed by atoms with Gasteiger partial charge >= 0.3 is 0 Å². The number of carbonyl (C=O) groups excluding carboxylic acids is 1. The monoisotopic (exact) mass is 326 g/mol. The molecule has 2 aromatic heterocycles. The van der Waals surface area contributed by atoms with Crippen LogP contribution in [0.15, 0.2) is 30.5 Å². The number of nitrogen functional groups attached to an aromatic ring is 1. The molecule has 0 fully saturated rings. The van der Waals surface area contributed by atoms with Crippen LogP contribution in [0, 0.1) is 0 Å². The largest absolute Gasteiger partial charge is 0.375 e. The van der Waals surface area contributed by atoms with Crippen molar-refractivity contribution in [2.75, 3.05) is 5.73 Å². The van der Waals surface area contributed by atoms with Crippen LogP contribution in [0.2, 0.25) is 0 Å². The van der Waals surface area contributed by atoms with Crippen LogP contribution in [0.5, 0.6) is 0 Å². The van der Waals surface area contributed by atoms with E-state index in [9.17, 15) is 4.79 Å². The normalized spacial score (nSPS) is 17.1. The molecule has 1 aliphatic rings. The first-order valence-corrected chi connectivity index (χ1v) is 8.59. The van der Waals surface area contributed by atoms with Crippen LogP contribution < -0.4 is 11.1 Å². The van der Waals surface area contributed by atoms with Gasteiger partial charge in [0.1, 0.15) is 0 Å². The van der Waals surface area contributed by atoms with Gasteiger partial charge < -0.3 is 16.0 Å². The van der Waals surface area contributed by atoms with Gasteiger partial charge in [-0.2, -0.15) is 0 Å². The Morgan fingerprint density at radius 2 is 2.30 bits per heavy atom. The van der Waals surface area contributed by atoms with Gasteiger partial charge in [-0.1, -0.05) is 18.2 Å². The van der Waals surface area contributed by atoms with Crippen molar-refractivity contribution in [1.29, 1.82) is 0 Å². The highest BCUT2D eigenvalue weighted by molar-refractivity contribution is 7.15. The number of aromatic nitrogens is 2. The quantitative estimate of drug-likeness (QED) is 0.691. The van der Waals surface area contributed by atoms with E-state index in [1.54, 1.807) is 0 Å². The number of anilines is 1. The first-order valence-electron chi connectivity index (χ1n) is 7.77. The third-order valence-electron chi connectivity index (χ3n) is 4.35. The Kier molecular flexibility index (Phi) is 3.53. The van der Waals surface area contributed by atoms with E-state index in [0.717, 1.165) is 41.4 Å². The SMILES string of the molecule is Nc1nc2c(s1)CC(NC(=O)Cc1c[nH]c3ccccc13)CC2. The summed E-state index contributed by atoms with van der Waals surface area (Å²) in [6.07, 6.45) is 4.98. The number of para-hydroxylation sites is 1. The minimum Gasteiger partial charge on any atom is -0.375 e. The summed E-state index contributed by atoms with van der Waals surface area (Å²) in [5.74, 6) is 0.0701. The molecule has 1 amide bonds. The third kappa shape index (κ3) is 2.82. The molecule has 4 rings (SSSR count). The Bertz CT molecular complexity index is 866. The van der Waals surface area contributed by atoms with E-state index in [1.807, 2.05) is 30.5 Å². The Hall–Kier alpha value is -2.34. The average Bonchev–Trinajstić information content (AvgIpc) is 3.10. The number of nitrogens with one attached hydrogen (secondary N) is 2. The molecule has 118 valence electrons. The van der Waals surface area contributed by atoms with Gasteiger partial charge in [0, 0.05) is 34.4 Å². The summed E-state index contributed by atoms with van der Waals surface area (Å²) in [7, 11) is 0. The summed E-state index contributed by atoms with van der Waals surface area (Å²) in [5.41, 5.74) is 8.98. The number of fused-ring (bicyclic) bond motifs is 2. The zero-order valence-corrected chi connectivity index (χ0v) is 13.5. The van der Waals surface area contributed by atoms with Gasteiger partial charge in [-0.3, -0.25) is 4.79 Å². The van der Waals surface area contributed by atoms with E-state index in [0.29, 0.717) is 11.6 Å². The second kappa shape index (κ2) is 5.70. The van der Waals surface area contributed by atoms with Gasteiger partial charge in [-0.05, 0) is 24.5 Å². The summed E-state index contributed by atoms with van der Waals surface area (Å²) in [5, 5.41) is 4.90. The van der Waals surface area contributed by atoms with Crippen LogP contribution in [0.1, 0.15) is 22.6 Å². The van der Waals surface area contributed by atoms with Gasteiger partial charge in [0.2, 0.25) is 5.91 Å². The molecule has 0 saturated heterocycles. The number of aryl methyl sites for hydroxylation is 1. The molecule has 23 heavy (non-hydrogen) atoms. The minimum atomic E-state index is 0.0701. The molecule has 1 atom stereocenters. The lowest BCUT2D eigenvalue weighted by molar-refractivity contribution is -0.121. The Morgan fingerprint density at radius 3 is 3.22 bits per heavy atom. The number of aromatic amines is 1. The first-order chi connectivity index (χ1) is 11.2. The molecule has 4 N–H and O–H groups in total. The fourth-order valence-electron chi connectivity index (χ4n) is 3.25. The molecule has 0 aliphatic heterocycles. The lowest BCUT2D eigenvalue weighted by Gasteiger charge is -2.22. The first kappa shape index (κ1) is 14.3. The number of carbonyl (C=O) groups is 1. The Balaban J connectivity index is 1.43. The van der Waals surface area contributed by atoms with Crippen molar-refractivity contribution in [1.82, 2.24) is 15.3 Å². The number of hydrogen-bond donors (Lipinski definition) is 3. The van der Waals surface area contributed by atoms with Crippen molar-refractivity contribution in [3.8, 4) is 0 Å². The molecule has 0 saturated carbocycles. The fourth-order valence-corrected chi connectivity index (χ4v) is 4.21. The number of thiazole rings is 1. The minimum absolute atomic E-state index is 0.0701. The molecule has 0 bridgehead atoms. The van der Waals surface area contributed by atoms with Crippen LogP contribution in [-0.2, 0) is 24.1 Å². The fraction of sp³-hybridized carbons (Fsp3) is 0.294. The summed E-state index contributed by atoms with van der Waals surface area (Å²) < 4.78 is 0. The number of nitrogens with zero attached hydrogens (tertiary/aromatic N) is 1. The molecule has 1 aliphatic carbocycles. The molecule has 0 radical (unpaired) electrons. The van der Waals surface area contributed by atoms with E-state index in [2.05, 4.69) is 15.3 Å². The number of benzene rings is 1. The average molecular weight is 326 g/mol. The van der Waals surface area contributed by atoms with Crippen molar-refractivity contribution in [2.24, 2.45) is 0 Å². The van der Waals surface area contributed by atoms with E-state index in [4.69, 9.17) is 5.73 Å². The van der Waals surface area contributed by atoms with E-state index >= 15 is 0 Å². The van der Waals surface area contributed by atoms with Gasteiger partial charge in [0.25, 0.3) is 0 Å². The molecule has 2 heterocycles. The van der Waals surface area contributed by atoms with Crippen LogP contribution >= 0.6 is 11.3 Å². The number of rotatable bonds is 3. The Morgan fingerprint density at radius 1 is 1.43 bits per heavy atom.